The molecule has 4 rings (SSSR count). The maximum Gasteiger partial charge on any atom is 0.451 e. The Morgan fingerprint density at radius 1 is 1.15 bits per heavy atom. The van der Waals surface area contributed by atoms with Gasteiger partial charge in [-0.1, -0.05) is 12.1 Å². The second-order valence-electron chi connectivity index (χ2n) is 6.38. The zero-order valence-electron chi connectivity index (χ0n) is 14.3. The van der Waals surface area contributed by atoms with Crippen LogP contribution in [0.4, 0.5) is 13.2 Å². The van der Waals surface area contributed by atoms with E-state index >= 15 is 0 Å². The van der Waals surface area contributed by atoms with E-state index in [2.05, 4.69) is 26.4 Å². The van der Waals surface area contributed by atoms with E-state index in [4.69, 9.17) is 4.98 Å². The monoisotopic (exact) mass is 361 g/mol. The fourth-order valence-electron chi connectivity index (χ4n) is 3.45. The van der Waals surface area contributed by atoms with Gasteiger partial charge in [-0.15, -0.1) is 0 Å². The molecule has 0 amide bonds. The molecule has 3 aromatic rings. The Bertz CT molecular complexity index is 948. The number of hydrogen-bond donors (Lipinski definition) is 0. The van der Waals surface area contributed by atoms with Gasteiger partial charge in [-0.3, -0.25) is 4.90 Å². The Morgan fingerprint density at radius 2 is 1.96 bits per heavy atom. The van der Waals surface area contributed by atoms with Crippen molar-refractivity contribution in [3.05, 3.63) is 53.4 Å². The number of aromatic nitrogens is 4. The van der Waals surface area contributed by atoms with E-state index < -0.39 is 12.0 Å². The molecular formula is C18H18F3N5. The molecule has 0 unspecified atom stereocenters. The molecule has 0 fully saturated rings. The molecule has 1 aliphatic heterocycles. The summed E-state index contributed by atoms with van der Waals surface area (Å²) in [7, 11) is 0. The van der Waals surface area contributed by atoms with Gasteiger partial charge in [0.1, 0.15) is 5.82 Å². The van der Waals surface area contributed by atoms with Crippen LogP contribution in [0.1, 0.15) is 29.8 Å². The summed E-state index contributed by atoms with van der Waals surface area (Å²) in [6.07, 6.45) is -2.72. The normalized spacial score (nSPS) is 15.4. The Morgan fingerprint density at radius 3 is 2.73 bits per heavy atom. The van der Waals surface area contributed by atoms with Gasteiger partial charge in [-0.05, 0) is 19.1 Å². The summed E-state index contributed by atoms with van der Waals surface area (Å²) in [5, 5.41) is 0. The van der Waals surface area contributed by atoms with Crippen molar-refractivity contribution in [2.45, 2.75) is 39.2 Å². The topological polar surface area (TPSA) is 46.8 Å². The van der Waals surface area contributed by atoms with E-state index in [1.54, 1.807) is 0 Å². The van der Waals surface area contributed by atoms with Gasteiger partial charge in [0.05, 0.1) is 23.3 Å². The molecule has 0 bridgehead atoms. The molecule has 2 aromatic heterocycles. The molecule has 0 atom stereocenters. The zero-order valence-corrected chi connectivity index (χ0v) is 14.3. The number of para-hydroxylation sites is 2. The lowest BCUT2D eigenvalue weighted by Gasteiger charge is -2.28. The minimum Gasteiger partial charge on any atom is -0.327 e. The lowest BCUT2D eigenvalue weighted by Crippen LogP contribution is -2.32. The van der Waals surface area contributed by atoms with Crippen LogP contribution in [-0.2, 0) is 32.2 Å². The number of nitrogens with zero attached hydrogens (tertiary/aromatic N) is 5. The van der Waals surface area contributed by atoms with Crippen molar-refractivity contribution in [1.29, 1.82) is 0 Å². The Labute approximate surface area is 148 Å². The summed E-state index contributed by atoms with van der Waals surface area (Å²) >= 11 is 0. The molecule has 0 spiro atoms. The largest absolute Gasteiger partial charge is 0.451 e. The molecule has 0 aliphatic carbocycles. The molecule has 3 heterocycles. The van der Waals surface area contributed by atoms with Crippen molar-refractivity contribution in [2.75, 3.05) is 6.54 Å². The number of rotatable bonds is 3. The second-order valence-corrected chi connectivity index (χ2v) is 6.38. The molecule has 1 aromatic carbocycles. The molecule has 0 radical (unpaired) electrons. The molecule has 0 saturated carbocycles. The van der Waals surface area contributed by atoms with Crippen molar-refractivity contribution in [2.24, 2.45) is 0 Å². The maximum atomic E-state index is 12.8. The first kappa shape index (κ1) is 17.0. The van der Waals surface area contributed by atoms with Crippen LogP contribution in [0.5, 0.6) is 0 Å². The third-order valence-electron chi connectivity index (χ3n) is 4.68. The van der Waals surface area contributed by atoms with Crippen LogP contribution in [-0.4, -0.2) is 31.0 Å². The molecule has 8 heteroatoms. The summed E-state index contributed by atoms with van der Waals surface area (Å²) < 4.78 is 40.5. The predicted octanol–water partition coefficient (Wildman–Crippen LogP) is 3.42. The Kier molecular flexibility index (Phi) is 4.14. The maximum absolute atomic E-state index is 12.8. The first-order valence-corrected chi connectivity index (χ1v) is 8.54. The number of imidazole rings is 1. The molecule has 0 saturated heterocycles. The fourth-order valence-corrected chi connectivity index (χ4v) is 3.45. The number of fused-ring (bicyclic) bond motifs is 2. The van der Waals surface area contributed by atoms with Gasteiger partial charge in [0.15, 0.2) is 0 Å². The summed E-state index contributed by atoms with van der Waals surface area (Å²) in [6, 6.07) is 7.99. The van der Waals surface area contributed by atoms with Gasteiger partial charge in [0.2, 0.25) is 5.82 Å². The van der Waals surface area contributed by atoms with Crippen LogP contribution in [0.3, 0.4) is 0 Å². The van der Waals surface area contributed by atoms with E-state index in [0.717, 1.165) is 29.0 Å². The molecule has 136 valence electrons. The van der Waals surface area contributed by atoms with Crippen LogP contribution in [0.25, 0.3) is 11.0 Å². The third kappa shape index (κ3) is 3.05. The molecule has 26 heavy (non-hydrogen) atoms. The third-order valence-corrected chi connectivity index (χ3v) is 4.68. The highest BCUT2D eigenvalue weighted by Gasteiger charge is 2.35. The first-order valence-electron chi connectivity index (χ1n) is 8.54. The van der Waals surface area contributed by atoms with Gasteiger partial charge in [-0.2, -0.15) is 13.2 Å². The quantitative estimate of drug-likeness (QED) is 0.717. The highest BCUT2D eigenvalue weighted by Crippen LogP contribution is 2.28. The number of hydrogen-bond acceptors (Lipinski definition) is 4. The number of alkyl halides is 3. The van der Waals surface area contributed by atoms with E-state index in [0.29, 0.717) is 31.7 Å². The molecule has 1 aliphatic rings. The van der Waals surface area contributed by atoms with Crippen molar-refractivity contribution in [3.63, 3.8) is 0 Å². The smallest absolute Gasteiger partial charge is 0.327 e. The summed E-state index contributed by atoms with van der Waals surface area (Å²) in [5.74, 6) is -0.0949. The number of halogens is 3. The van der Waals surface area contributed by atoms with Gasteiger partial charge < -0.3 is 4.57 Å². The molecular weight excluding hydrogens is 343 g/mol. The highest BCUT2D eigenvalue weighted by atomic mass is 19.4. The zero-order chi connectivity index (χ0) is 18.3. The lowest BCUT2D eigenvalue weighted by atomic mass is 10.1. The van der Waals surface area contributed by atoms with Gasteiger partial charge >= 0.3 is 6.18 Å². The standard InChI is InChI=1S/C18H18F3N5/c1-2-26-15-6-4-3-5-14(15)23-16(26)11-25-8-7-13-12(10-25)9-22-17(24-13)18(19,20)21/h3-6,9H,2,7-8,10-11H2,1H3. The average Bonchev–Trinajstić information content (AvgIpc) is 2.97. The van der Waals surface area contributed by atoms with Crippen LogP contribution in [0.2, 0.25) is 0 Å². The van der Waals surface area contributed by atoms with Gasteiger partial charge in [0.25, 0.3) is 0 Å². The first-order chi connectivity index (χ1) is 12.5. The fraction of sp³-hybridized carbons (Fsp3) is 0.389. The van der Waals surface area contributed by atoms with Crippen LogP contribution < -0.4 is 0 Å². The average molecular weight is 361 g/mol. The SMILES string of the molecule is CCn1c(CN2CCc3nc(C(F)(F)F)ncc3C2)nc2ccccc21. The van der Waals surface area contributed by atoms with E-state index in [1.165, 1.54) is 6.20 Å². The number of aryl methyl sites for hydroxylation is 1. The van der Waals surface area contributed by atoms with Crippen molar-refractivity contribution in [1.82, 2.24) is 24.4 Å². The Balaban J connectivity index is 1.57. The van der Waals surface area contributed by atoms with Crippen LogP contribution in [0, 0.1) is 0 Å². The van der Waals surface area contributed by atoms with Crippen LogP contribution >= 0.6 is 0 Å². The summed E-state index contributed by atoms with van der Waals surface area (Å²) in [6.45, 7) is 4.71. The molecule has 0 N–H and O–H groups in total. The van der Waals surface area contributed by atoms with E-state index in [1.807, 2.05) is 24.3 Å². The van der Waals surface area contributed by atoms with Crippen LogP contribution in [0.15, 0.2) is 30.5 Å². The van der Waals surface area contributed by atoms with E-state index in [9.17, 15) is 13.2 Å². The van der Waals surface area contributed by atoms with Gasteiger partial charge in [-0.25, -0.2) is 15.0 Å². The summed E-state index contributed by atoms with van der Waals surface area (Å²) in [5.41, 5.74) is 3.30. The van der Waals surface area contributed by atoms with Gasteiger partial charge in [0, 0.05) is 37.8 Å². The lowest BCUT2D eigenvalue weighted by molar-refractivity contribution is -0.145. The Hall–Kier alpha value is -2.48. The van der Waals surface area contributed by atoms with E-state index in [-0.39, 0.29) is 0 Å². The van der Waals surface area contributed by atoms with Crippen molar-refractivity contribution in [3.8, 4) is 0 Å². The van der Waals surface area contributed by atoms with Crippen molar-refractivity contribution >= 4 is 11.0 Å². The summed E-state index contributed by atoms with van der Waals surface area (Å²) in [4.78, 5) is 14.1. The minimum atomic E-state index is -4.50. The molecule has 5 nitrogen and oxygen atoms in total. The van der Waals surface area contributed by atoms with Crippen molar-refractivity contribution < 1.29 is 13.2 Å². The number of benzene rings is 1. The predicted molar refractivity (Wildman–Crippen MR) is 90.3 cm³/mol. The minimum absolute atomic E-state index is 0.479. The highest BCUT2D eigenvalue weighted by molar-refractivity contribution is 5.75. The second kappa shape index (κ2) is 6.35.